The van der Waals surface area contributed by atoms with Crippen molar-refractivity contribution in [3.8, 4) is 0 Å². The van der Waals surface area contributed by atoms with E-state index in [0.29, 0.717) is 5.56 Å². The lowest BCUT2D eigenvalue weighted by molar-refractivity contribution is -0.117. The molecule has 3 nitrogen and oxygen atoms in total. The van der Waals surface area contributed by atoms with Crippen molar-refractivity contribution in [3.63, 3.8) is 0 Å². The molecule has 1 aliphatic rings. The van der Waals surface area contributed by atoms with Crippen molar-refractivity contribution in [2.24, 2.45) is 0 Å². The molecule has 3 rings (SSSR count). The van der Waals surface area contributed by atoms with Gasteiger partial charge in [0.1, 0.15) is 4.08 Å². The number of thioether (sulfide) groups is 2. The highest BCUT2D eigenvalue weighted by Gasteiger charge is 2.49. The molecule has 1 N–H and O–H groups in total. The quantitative estimate of drug-likeness (QED) is 0.779. The number of hydrogen-bond acceptors (Lipinski definition) is 4. The third-order valence-corrected chi connectivity index (χ3v) is 9.36. The van der Waals surface area contributed by atoms with E-state index in [9.17, 15) is 10.4 Å². The Morgan fingerprint density at radius 2 is 1.81 bits per heavy atom. The molecule has 26 heavy (non-hydrogen) atoms. The average Bonchev–Trinajstić information content (AvgIpc) is 3.12. The average molecular weight is 409 g/mol. The Labute approximate surface area is 168 Å². The third kappa shape index (κ3) is 3.88. The van der Waals surface area contributed by atoms with Gasteiger partial charge in [-0.1, -0.05) is 36.4 Å². The van der Waals surface area contributed by atoms with E-state index in [2.05, 4.69) is 4.72 Å². The lowest BCUT2D eigenvalue weighted by Gasteiger charge is -2.36. The summed E-state index contributed by atoms with van der Waals surface area (Å²) >= 11 is 2.97. The molecule has 6 heteroatoms. The molecule has 0 amide bonds. The van der Waals surface area contributed by atoms with Crippen molar-refractivity contribution in [1.82, 2.24) is 4.72 Å². The van der Waals surface area contributed by atoms with Crippen LogP contribution in [0.1, 0.15) is 40.6 Å². The van der Waals surface area contributed by atoms with E-state index < -0.39 is 25.8 Å². The molecule has 0 aliphatic carbocycles. The van der Waals surface area contributed by atoms with Gasteiger partial charge in [0.25, 0.3) is 0 Å². The predicted octanol–water partition coefficient (Wildman–Crippen LogP) is 4.70. The lowest BCUT2D eigenvalue weighted by Crippen LogP contribution is -2.46. The summed E-state index contributed by atoms with van der Waals surface area (Å²) in [6.07, 6.45) is 0. The summed E-state index contributed by atoms with van der Waals surface area (Å²) < 4.78 is 23.9. The van der Waals surface area contributed by atoms with Crippen LogP contribution < -0.4 is 4.72 Å². The number of benzene rings is 2. The van der Waals surface area contributed by atoms with E-state index in [4.69, 9.17) is 0 Å². The van der Waals surface area contributed by atoms with Crippen molar-refractivity contribution in [3.05, 3.63) is 48.0 Å². The van der Waals surface area contributed by atoms with Gasteiger partial charge in [-0.15, -0.1) is 23.5 Å². The maximum absolute atomic E-state index is 13.0. The predicted molar refractivity (Wildman–Crippen MR) is 116 cm³/mol. The highest BCUT2D eigenvalue weighted by atomic mass is 32.2. The minimum Gasteiger partial charge on any atom is -0.297 e. The van der Waals surface area contributed by atoms with Gasteiger partial charge in [-0.3, -0.25) is 4.79 Å². The largest absolute Gasteiger partial charge is 0.297 e. The summed E-state index contributed by atoms with van der Waals surface area (Å²) in [7, 11) is -1.50. The molecule has 0 radical (unpaired) electrons. The summed E-state index contributed by atoms with van der Waals surface area (Å²) in [6.45, 7) is 7.14. The van der Waals surface area contributed by atoms with E-state index in [-0.39, 0.29) is 5.78 Å². The first kappa shape index (κ1) is 18.5. The van der Waals surface area contributed by atoms with Crippen LogP contribution in [0.5, 0.6) is 0 Å². The van der Waals surface area contributed by atoms with Crippen LogP contribution in [0.3, 0.4) is 0 Å². The van der Waals surface area contributed by atoms with Crippen molar-refractivity contribution >= 4 is 51.1 Å². The summed E-state index contributed by atoms with van der Waals surface area (Å²) in [5.74, 6) is 1.52. The Morgan fingerprint density at radius 1 is 1.19 bits per heavy atom. The summed E-state index contributed by atoms with van der Waals surface area (Å²) in [5.41, 5.74) is 0.663. The van der Waals surface area contributed by atoms with Crippen LogP contribution in [0, 0.1) is 0 Å². The van der Waals surface area contributed by atoms with Gasteiger partial charge in [0.15, 0.2) is 5.78 Å². The molecule has 2 atom stereocenters. The minimum absolute atomic E-state index is 0.0726. The Balaban J connectivity index is 2.19. The first-order valence-corrected chi connectivity index (χ1v) is 11.7. The number of fused-ring (bicyclic) bond motifs is 1. The first-order valence-electron chi connectivity index (χ1n) is 9.08. The van der Waals surface area contributed by atoms with Gasteiger partial charge in [-0.2, -0.15) is 0 Å². The molecule has 0 spiro atoms. The highest BCUT2D eigenvalue weighted by Crippen LogP contribution is 2.52. The molecule has 0 bridgehead atoms. The Bertz CT molecular complexity index is 890. The topological polar surface area (TPSA) is 46.2 Å². The number of carbonyl (C=O) groups excluding carboxylic acids is 1. The van der Waals surface area contributed by atoms with Gasteiger partial charge in [-0.05, 0) is 50.1 Å². The van der Waals surface area contributed by atoms with Crippen molar-refractivity contribution in [1.29, 1.82) is 0 Å². The highest BCUT2D eigenvalue weighted by molar-refractivity contribution is 8.22. The van der Waals surface area contributed by atoms with Crippen LogP contribution in [0.2, 0.25) is 0 Å². The van der Waals surface area contributed by atoms with E-state index in [1.807, 2.05) is 63.2 Å². The van der Waals surface area contributed by atoms with Crippen LogP contribution in [0.15, 0.2) is 42.5 Å². The molecule has 140 valence electrons. The van der Waals surface area contributed by atoms with Gasteiger partial charge in [-0.25, -0.2) is 8.93 Å². The summed E-state index contributed by atoms with van der Waals surface area (Å²) in [6, 6.07) is 12.2. The van der Waals surface area contributed by atoms with Gasteiger partial charge in [0.2, 0.25) is 0 Å². The Morgan fingerprint density at radius 3 is 2.38 bits per heavy atom. The molecule has 2 aromatic carbocycles. The van der Waals surface area contributed by atoms with Crippen molar-refractivity contribution < 1.29 is 10.4 Å². The smallest absolute Gasteiger partial charge is 0.157 e. The second-order valence-corrected chi connectivity index (χ2v) is 12.1. The van der Waals surface area contributed by atoms with Gasteiger partial charge < -0.3 is 0 Å². The molecule has 0 saturated carbocycles. The molecular formula is C20H25NO2S3. The van der Waals surface area contributed by atoms with E-state index in [0.717, 1.165) is 22.3 Å². The fourth-order valence-electron chi connectivity index (χ4n) is 2.84. The van der Waals surface area contributed by atoms with Gasteiger partial charge in [0.05, 0.1) is 23.1 Å². The number of ketones is 1. The van der Waals surface area contributed by atoms with E-state index in [1.54, 1.807) is 0 Å². The number of rotatable bonds is 5. The molecule has 1 aliphatic heterocycles. The minimum atomic E-state index is -1.51. The Hall–Kier alpha value is -0.820. The maximum atomic E-state index is 13.0. The second-order valence-electron chi connectivity index (χ2n) is 7.29. The molecule has 1 saturated heterocycles. The van der Waals surface area contributed by atoms with Crippen LogP contribution >= 0.6 is 23.5 Å². The number of Topliss-reactive ketones (excluding diaryl/α,β-unsaturated/α-hetero) is 1. The fraction of sp³-hybridized carbons (Fsp3) is 0.450. The van der Waals surface area contributed by atoms with Gasteiger partial charge >= 0.3 is 0 Å². The molecule has 2 aromatic rings. The third-order valence-electron chi connectivity index (χ3n) is 4.28. The zero-order chi connectivity index (χ0) is 19.9. The molecule has 1 fully saturated rings. The number of nitrogens with one attached hydrogen (secondary N) is 1. The summed E-state index contributed by atoms with van der Waals surface area (Å²) in [4.78, 5) is 12.8. The van der Waals surface area contributed by atoms with E-state index >= 15 is 0 Å². The number of carbonyl (C=O) groups is 1. The molecule has 2 unspecified atom stereocenters. The van der Waals surface area contributed by atoms with Gasteiger partial charge in [0, 0.05) is 11.5 Å². The zero-order valence-corrected chi connectivity index (χ0v) is 17.9. The van der Waals surface area contributed by atoms with Crippen LogP contribution in [0.25, 0.3) is 10.8 Å². The SMILES string of the molecule is [2H]C(NS(=O)C(C)(C)C)(c1ccc2ccccc2c1)C1(C(C)=O)SCCS1. The number of hydrogen-bond donors (Lipinski definition) is 1. The van der Waals surface area contributed by atoms with Crippen LogP contribution in [0.4, 0.5) is 0 Å². The first-order chi connectivity index (χ1) is 12.6. The Kier molecular flexibility index (Phi) is 5.46. The maximum Gasteiger partial charge on any atom is 0.157 e. The molecule has 1 heterocycles. The van der Waals surface area contributed by atoms with Crippen LogP contribution in [-0.2, 0) is 15.8 Å². The second kappa shape index (κ2) is 7.66. The fourth-order valence-corrected chi connectivity index (χ4v) is 6.84. The normalized spacial score (nSPS) is 21.2. The lowest BCUT2D eigenvalue weighted by atomic mass is 9.98. The van der Waals surface area contributed by atoms with E-state index in [1.165, 1.54) is 30.4 Å². The van der Waals surface area contributed by atoms with Crippen molar-refractivity contribution in [2.45, 2.75) is 42.5 Å². The summed E-state index contributed by atoms with van der Waals surface area (Å²) in [5, 5.41) is 2.07. The standard InChI is InChI=1S/C20H25NO2S3/c1-14(22)20(24-11-12-25-20)18(21-26(23)19(2,3)4)17-10-9-15-7-5-6-8-16(15)13-17/h5-10,13,18,21H,11-12H2,1-4H3/i18D. The van der Waals surface area contributed by atoms with Crippen LogP contribution in [-0.4, -0.2) is 30.3 Å². The molecular weight excluding hydrogens is 382 g/mol. The monoisotopic (exact) mass is 408 g/mol. The molecule has 0 aromatic heterocycles. The zero-order valence-electron chi connectivity index (χ0n) is 16.5. The van der Waals surface area contributed by atoms with Crippen molar-refractivity contribution in [2.75, 3.05) is 11.5 Å².